The Morgan fingerprint density at radius 1 is 1.69 bits per heavy atom. The lowest BCUT2D eigenvalue weighted by atomic mass is 10.4. The second-order valence-corrected chi connectivity index (χ2v) is 3.22. The topological polar surface area (TPSA) is 70.1 Å². The summed E-state index contributed by atoms with van der Waals surface area (Å²) in [6.45, 7) is 4.36. The highest BCUT2D eigenvalue weighted by molar-refractivity contribution is 5.92. The number of rotatable bonds is 4. The molecule has 5 heteroatoms. The Balaban J connectivity index is 2.97. The number of imidazole rings is 1. The average molecular weight is 221 g/mol. The second kappa shape index (κ2) is 5.21. The van der Waals surface area contributed by atoms with E-state index in [1.54, 1.807) is 18.4 Å². The number of nitrogen functional groups attached to an aromatic ring is 1. The van der Waals surface area contributed by atoms with Crippen molar-refractivity contribution in [2.24, 2.45) is 0 Å². The van der Waals surface area contributed by atoms with Crippen LogP contribution in [0.25, 0.3) is 0 Å². The van der Waals surface area contributed by atoms with Crippen molar-refractivity contribution >= 4 is 11.8 Å². The van der Waals surface area contributed by atoms with Gasteiger partial charge in [-0.1, -0.05) is 0 Å². The first-order valence-corrected chi connectivity index (χ1v) is 5.05. The molecule has 0 saturated heterocycles. The molecule has 0 aliphatic carbocycles. The van der Waals surface area contributed by atoms with Crippen molar-refractivity contribution in [1.82, 2.24) is 9.55 Å². The fourth-order valence-corrected chi connectivity index (χ4v) is 1.39. The molecule has 1 aromatic rings. The highest BCUT2D eigenvalue weighted by Crippen LogP contribution is 2.15. The van der Waals surface area contributed by atoms with Crippen LogP contribution < -0.4 is 5.73 Å². The van der Waals surface area contributed by atoms with Crippen LogP contribution in [0.1, 0.15) is 29.7 Å². The van der Waals surface area contributed by atoms with Crippen molar-refractivity contribution in [2.75, 3.05) is 12.3 Å². The molecular weight excluding hydrogens is 206 g/mol. The molecule has 0 radical (unpaired) electrons. The zero-order valence-electron chi connectivity index (χ0n) is 9.49. The Morgan fingerprint density at radius 3 is 2.94 bits per heavy atom. The van der Waals surface area contributed by atoms with Gasteiger partial charge < -0.3 is 15.0 Å². The zero-order valence-corrected chi connectivity index (χ0v) is 9.49. The molecule has 0 unspecified atom stereocenters. The summed E-state index contributed by atoms with van der Waals surface area (Å²) in [5, 5.41) is 0. The predicted molar refractivity (Wildman–Crippen MR) is 60.8 cm³/mol. The summed E-state index contributed by atoms with van der Waals surface area (Å²) < 4.78 is 6.56. The highest BCUT2D eigenvalue weighted by Gasteiger charge is 2.18. The molecule has 0 bridgehead atoms. The number of ether oxygens (including phenoxy) is 1. The van der Waals surface area contributed by atoms with Crippen LogP contribution in [-0.2, 0) is 11.3 Å². The standard InChI is InChI=1S/C11H15N3O2/c1-4-6-7-14-8(3)13-9(10(14)12)11(15)16-5-2/h1H,5-7,12H2,2-3H3. The molecule has 16 heavy (non-hydrogen) atoms. The number of carbonyl (C=O) groups excluding carboxylic acids is 1. The van der Waals surface area contributed by atoms with Crippen LogP contribution in [0, 0.1) is 19.3 Å². The smallest absolute Gasteiger partial charge is 0.360 e. The van der Waals surface area contributed by atoms with E-state index in [0.717, 1.165) is 0 Å². The van der Waals surface area contributed by atoms with E-state index in [1.165, 1.54) is 0 Å². The van der Waals surface area contributed by atoms with E-state index >= 15 is 0 Å². The first kappa shape index (κ1) is 12.1. The van der Waals surface area contributed by atoms with E-state index < -0.39 is 5.97 Å². The van der Waals surface area contributed by atoms with E-state index in [0.29, 0.717) is 31.2 Å². The lowest BCUT2D eigenvalue weighted by Gasteiger charge is -2.04. The highest BCUT2D eigenvalue weighted by atomic mass is 16.5. The van der Waals surface area contributed by atoms with Gasteiger partial charge in [0.05, 0.1) is 6.61 Å². The maximum absolute atomic E-state index is 11.5. The Labute approximate surface area is 94.6 Å². The van der Waals surface area contributed by atoms with Crippen LogP contribution in [0.15, 0.2) is 0 Å². The maximum Gasteiger partial charge on any atom is 0.360 e. The summed E-state index contributed by atoms with van der Waals surface area (Å²) in [6.07, 6.45) is 5.72. The number of carbonyl (C=O) groups is 1. The van der Waals surface area contributed by atoms with Gasteiger partial charge in [0.25, 0.3) is 0 Å². The molecule has 0 fully saturated rings. The molecule has 0 amide bonds. The van der Waals surface area contributed by atoms with Crippen molar-refractivity contribution in [3.8, 4) is 12.3 Å². The molecular formula is C11H15N3O2. The Hall–Kier alpha value is -1.96. The molecule has 0 saturated carbocycles. The van der Waals surface area contributed by atoms with Crippen molar-refractivity contribution in [3.63, 3.8) is 0 Å². The summed E-state index contributed by atoms with van der Waals surface area (Å²) in [7, 11) is 0. The molecule has 1 heterocycles. The van der Waals surface area contributed by atoms with E-state index in [-0.39, 0.29) is 5.69 Å². The molecule has 2 N–H and O–H groups in total. The number of aromatic nitrogens is 2. The summed E-state index contributed by atoms with van der Waals surface area (Å²) in [5.41, 5.74) is 5.97. The SMILES string of the molecule is C#CCCn1c(C)nc(C(=O)OCC)c1N. The quantitative estimate of drug-likeness (QED) is 0.607. The average Bonchev–Trinajstić information content (AvgIpc) is 2.53. The van der Waals surface area contributed by atoms with Gasteiger partial charge in [0, 0.05) is 13.0 Å². The van der Waals surface area contributed by atoms with Gasteiger partial charge in [-0.2, -0.15) is 0 Å². The molecule has 1 aromatic heterocycles. The van der Waals surface area contributed by atoms with E-state index in [4.69, 9.17) is 16.9 Å². The van der Waals surface area contributed by atoms with Gasteiger partial charge >= 0.3 is 5.97 Å². The molecule has 5 nitrogen and oxygen atoms in total. The molecule has 0 aliphatic heterocycles. The van der Waals surface area contributed by atoms with Crippen LogP contribution in [0.3, 0.4) is 0 Å². The Bertz CT molecular complexity index is 429. The van der Waals surface area contributed by atoms with Gasteiger partial charge in [-0.3, -0.25) is 0 Å². The van der Waals surface area contributed by atoms with Gasteiger partial charge in [-0.15, -0.1) is 12.3 Å². The monoisotopic (exact) mass is 221 g/mol. The minimum Gasteiger partial charge on any atom is -0.461 e. The fourth-order valence-electron chi connectivity index (χ4n) is 1.39. The number of esters is 1. The van der Waals surface area contributed by atoms with E-state index in [1.807, 2.05) is 0 Å². The Morgan fingerprint density at radius 2 is 2.38 bits per heavy atom. The summed E-state index contributed by atoms with van der Waals surface area (Å²) in [4.78, 5) is 15.6. The number of terminal acetylenes is 1. The third kappa shape index (κ3) is 2.34. The van der Waals surface area contributed by atoms with Gasteiger partial charge in [0.1, 0.15) is 11.6 Å². The van der Waals surface area contributed by atoms with Crippen LogP contribution in [0.5, 0.6) is 0 Å². The number of hydrogen-bond donors (Lipinski definition) is 1. The van der Waals surface area contributed by atoms with E-state index in [9.17, 15) is 4.79 Å². The predicted octanol–water partition coefficient (Wildman–Crippen LogP) is 0.974. The molecule has 86 valence electrons. The molecule has 0 spiro atoms. The van der Waals surface area contributed by atoms with Gasteiger partial charge in [-0.05, 0) is 13.8 Å². The van der Waals surface area contributed by atoms with Crippen LogP contribution in [0.2, 0.25) is 0 Å². The second-order valence-electron chi connectivity index (χ2n) is 3.22. The minimum atomic E-state index is -0.498. The van der Waals surface area contributed by atoms with Crippen LogP contribution in [0.4, 0.5) is 5.82 Å². The lowest BCUT2D eigenvalue weighted by molar-refractivity contribution is 0.0521. The minimum absolute atomic E-state index is 0.163. The largest absolute Gasteiger partial charge is 0.461 e. The first-order chi connectivity index (χ1) is 7.61. The number of hydrogen-bond acceptors (Lipinski definition) is 4. The fraction of sp³-hybridized carbons (Fsp3) is 0.455. The number of nitrogens with two attached hydrogens (primary N) is 1. The van der Waals surface area contributed by atoms with Crippen molar-refractivity contribution < 1.29 is 9.53 Å². The van der Waals surface area contributed by atoms with Crippen molar-refractivity contribution in [3.05, 3.63) is 11.5 Å². The molecule has 1 rings (SSSR count). The zero-order chi connectivity index (χ0) is 12.1. The normalized spacial score (nSPS) is 9.81. The van der Waals surface area contributed by atoms with Crippen LogP contribution >= 0.6 is 0 Å². The first-order valence-electron chi connectivity index (χ1n) is 5.05. The molecule has 0 aromatic carbocycles. The van der Waals surface area contributed by atoms with Crippen molar-refractivity contribution in [1.29, 1.82) is 0 Å². The van der Waals surface area contributed by atoms with Crippen LogP contribution in [-0.4, -0.2) is 22.1 Å². The number of nitrogens with zero attached hydrogens (tertiary/aromatic N) is 2. The van der Waals surface area contributed by atoms with Crippen molar-refractivity contribution in [2.45, 2.75) is 26.8 Å². The van der Waals surface area contributed by atoms with Gasteiger partial charge in [0.15, 0.2) is 5.69 Å². The molecule has 0 aliphatic rings. The number of aryl methyl sites for hydroxylation is 1. The third-order valence-electron chi connectivity index (χ3n) is 2.15. The summed E-state index contributed by atoms with van der Waals surface area (Å²) in [5.74, 6) is 2.99. The maximum atomic E-state index is 11.5. The third-order valence-corrected chi connectivity index (χ3v) is 2.15. The van der Waals surface area contributed by atoms with E-state index in [2.05, 4.69) is 10.9 Å². The molecule has 0 atom stereocenters. The summed E-state index contributed by atoms with van der Waals surface area (Å²) in [6, 6.07) is 0. The number of anilines is 1. The van der Waals surface area contributed by atoms with Gasteiger partial charge in [0.2, 0.25) is 0 Å². The Kier molecular flexibility index (Phi) is 3.95. The lowest BCUT2D eigenvalue weighted by Crippen LogP contribution is -2.10. The van der Waals surface area contributed by atoms with Gasteiger partial charge in [-0.25, -0.2) is 9.78 Å². The summed E-state index contributed by atoms with van der Waals surface area (Å²) >= 11 is 0.